The number of H-pyrrole nitrogens is 2. The second-order valence-electron chi connectivity index (χ2n) is 9.78. The van der Waals surface area contributed by atoms with Crippen LogP contribution in [0.5, 0.6) is 0 Å². The molecule has 6 rings (SSSR count). The SMILES string of the molecule is C=C/C=C(/c1ccncc1)c1cc(-c2n[nH]c3ccc(-c4cncc(CNCc5ccccc5)c4)cc23)[nH]c1C. The molecule has 0 aliphatic carbocycles. The van der Waals surface area contributed by atoms with Gasteiger partial charge in [-0.3, -0.25) is 15.1 Å². The highest BCUT2D eigenvalue weighted by Gasteiger charge is 2.16. The number of hydrogen-bond acceptors (Lipinski definition) is 4. The third-order valence-corrected chi connectivity index (χ3v) is 7.03. The van der Waals surface area contributed by atoms with E-state index in [1.165, 1.54) is 5.56 Å². The van der Waals surface area contributed by atoms with Gasteiger partial charge in [0.05, 0.1) is 11.2 Å². The first-order valence-electron chi connectivity index (χ1n) is 13.3. The lowest BCUT2D eigenvalue weighted by molar-refractivity contribution is 0.691. The van der Waals surface area contributed by atoms with E-state index in [1.54, 1.807) is 12.4 Å². The molecule has 196 valence electrons. The van der Waals surface area contributed by atoms with Gasteiger partial charge in [-0.1, -0.05) is 55.1 Å². The maximum atomic E-state index is 4.69. The van der Waals surface area contributed by atoms with E-state index >= 15 is 0 Å². The Bertz CT molecular complexity index is 1790. The molecule has 0 saturated heterocycles. The molecule has 0 fully saturated rings. The molecule has 6 nitrogen and oxygen atoms in total. The van der Waals surface area contributed by atoms with Crippen LogP contribution in [0.15, 0.2) is 116 Å². The first-order chi connectivity index (χ1) is 19.7. The summed E-state index contributed by atoms with van der Waals surface area (Å²) in [6.07, 6.45) is 11.3. The molecule has 0 atom stereocenters. The highest BCUT2D eigenvalue weighted by atomic mass is 15.1. The zero-order chi connectivity index (χ0) is 27.3. The predicted octanol–water partition coefficient (Wildman–Crippen LogP) is 7.23. The van der Waals surface area contributed by atoms with Gasteiger partial charge in [-0.25, -0.2) is 0 Å². The van der Waals surface area contributed by atoms with Crippen molar-refractivity contribution in [3.63, 3.8) is 0 Å². The van der Waals surface area contributed by atoms with Crippen LogP contribution in [0.4, 0.5) is 0 Å². The number of rotatable bonds is 9. The molecule has 4 heterocycles. The van der Waals surface area contributed by atoms with Gasteiger partial charge in [0.2, 0.25) is 0 Å². The Morgan fingerprint density at radius 1 is 0.875 bits per heavy atom. The fourth-order valence-electron chi connectivity index (χ4n) is 5.04. The summed E-state index contributed by atoms with van der Waals surface area (Å²) in [5.74, 6) is 0. The minimum Gasteiger partial charge on any atom is -0.357 e. The van der Waals surface area contributed by atoms with Crippen molar-refractivity contribution in [2.75, 3.05) is 0 Å². The van der Waals surface area contributed by atoms with Crippen molar-refractivity contribution in [2.24, 2.45) is 0 Å². The van der Waals surface area contributed by atoms with E-state index in [0.717, 1.165) is 74.5 Å². The molecule has 0 aliphatic rings. The zero-order valence-electron chi connectivity index (χ0n) is 22.4. The van der Waals surface area contributed by atoms with E-state index in [2.05, 4.69) is 98.6 Å². The van der Waals surface area contributed by atoms with Gasteiger partial charge in [0.1, 0.15) is 5.69 Å². The molecule has 2 aromatic carbocycles. The van der Waals surface area contributed by atoms with Crippen LogP contribution in [0.3, 0.4) is 0 Å². The minimum atomic E-state index is 0.748. The number of aryl methyl sites for hydroxylation is 1. The highest BCUT2D eigenvalue weighted by molar-refractivity contribution is 5.96. The Morgan fingerprint density at radius 2 is 1.70 bits per heavy atom. The molecule has 0 radical (unpaired) electrons. The Labute approximate surface area is 233 Å². The Hall–Kier alpha value is -5.07. The molecule has 0 aliphatic heterocycles. The van der Waals surface area contributed by atoms with Crippen molar-refractivity contribution in [3.05, 3.63) is 144 Å². The summed E-state index contributed by atoms with van der Waals surface area (Å²) in [5, 5.41) is 12.5. The van der Waals surface area contributed by atoms with Gasteiger partial charge >= 0.3 is 0 Å². The predicted molar refractivity (Wildman–Crippen MR) is 162 cm³/mol. The first kappa shape index (κ1) is 25.2. The van der Waals surface area contributed by atoms with Crippen LogP contribution in [0.25, 0.3) is 39.0 Å². The second kappa shape index (κ2) is 11.4. The number of fused-ring (bicyclic) bond motifs is 1. The Kier molecular flexibility index (Phi) is 7.16. The summed E-state index contributed by atoms with van der Waals surface area (Å²) in [5.41, 5.74) is 11.7. The number of nitrogens with zero attached hydrogens (tertiary/aromatic N) is 3. The van der Waals surface area contributed by atoms with Crippen LogP contribution in [0.1, 0.15) is 27.9 Å². The molecule has 40 heavy (non-hydrogen) atoms. The second-order valence-corrected chi connectivity index (χ2v) is 9.78. The van der Waals surface area contributed by atoms with E-state index in [-0.39, 0.29) is 0 Å². The van der Waals surface area contributed by atoms with Gasteiger partial charge in [0.15, 0.2) is 0 Å². The highest BCUT2D eigenvalue weighted by Crippen LogP contribution is 2.34. The van der Waals surface area contributed by atoms with Crippen LogP contribution in [0.2, 0.25) is 0 Å². The molecule has 0 unspecified atom stereocenters. The van der Waals surface area contributed by atoms with Crippen molar-refractivity contribution in [3.8, 4) is 22.5 Å². The summed E-state index contributed by atoms with van der Waals surface area (Å²) in [4.78, 5) is 12.3. The van der Waals surface area contributed by atoms with E-state index in [0.29, 0.717) is 0 Å². The molecule has 3 N–H and O–H groups in total. The summed E-state index contributed by atoms with van der Waals surface area (Å²) in [6, 6.07) is 25.2. The molecule has 0 spiro atoms. The molecule has 6 heteroatoms. The van der Waals surface area contributed by atoms with E-state index < -0.39 is 0 Å². The summed E-state index contributed by atoms with van der Waals surface area (Å²) in [6.45, 7) is 7.57. The molecular weight excluding hydrogens is 492 g/mol. The number of allylic oxidation sites excluding steroid dienone is 2. The Morgan fingerprint density at radius 3 is 2.52 bits per heavy atom. The number of benzene rings is 2. The van der Waals surface area contributed by atoms with E-state index in [1.807, 2.05) is 42.7 Å². The smallest absolute Gasteiger partial charge is 0.116 e. The van der Waals surface area contributed by atoms with Crippen LogP contribution in [-0.2, 0) is 13.1 Å². The van der Waals surface area contributed by atoms with Crippen molar-refractivity contribution >= 4 is 16.5 Å². The largest absolute Gasteiger partial charge is 0.357 e. The summed E-state index contributed by atoms with van der Waals surface area (Å²) >= 11 is 0. The third kappa shape index (κ3) is 5.25. The molecule has 0 amide bonds. The maximum Gasteiger partial charge on any atom is 0.116 e. The van der Waals surface area contributed by atoms with Crippen molar-refractivity contribution in [2.45, 2.75) is 20.0 Å². The topological polar surface area (TPSA) is 82.3 Å². The average molecular weight is 523 g/mol. The first-order valence-corrected chi connectivity index (χ1v) is 13.3. The van der Waals surface area contributed by atoms with Crippen LogP contribution < -0.4 is 5.32 Å². The fraction of sp³-hybridized carbons (Fsp3) is 0.0882. The van der Waals surface area contributed by atoms with Gasteiger partial charge in [0.25, 0.3) is 0 Å². The third-order valence-electron chi connectivity index (χ3n) is 7.03. The lowest BCUT2D eigenvalue weighted by atomic mass is 9.98. The van der Waals surface area contributed by atoms with E-state index in [9.17, 15) is 0 Å². The lowest BCUT2D eigenvalue weighted by Gasteiger charge is -2.08. The monoisotopic (exact) mass is 522 g/mol. The van der Waals surface area contributed by atoms with Gasteiger partial charge in [0, 0.05) is 60.1 Å². The number of aromatic amines is 2. The van der Waals surface area contributed by atoms with Crippen LogP contribution in [0, 0.1) is 6.92 Å². The van der Waals surface area contributed by atoms with Crippen molar-refractivity contribution in [1.82, 2.24) is 30.5 Å². The minimum absolute atomic E-state index is 0.748. The Balaban J connectivity index is 1.29. The number of hydrogen-bond donors (Lipinski definition) is 3. The van der Waals surface area contributed by atoms with Gasteiger partial charge in [-0.15, -0.1) is 0 Å². The molecule has 4 aromatic heterocycles. The molecule has 6 aromatic rings. The van der Waals surface area contributed by atoms with Gasteiger partial charge in [-0.05, 0) is 71.1 Å². The summed E-state index contributed by atoms with van der Waals surface area (Å²) < 4.78 is 0. The normalized spacial score (nSPS) is 11.7. The molecular formula is C34H30N6. The summed E-state index contributed by atoms with van der Waals surface area (Å²) in [7, 11) is 0. The lowest BCUT2D eigenvalue weighted by Crippen LogP contribution is -2.12. The van der Waals surface area contributed by atoms with Crippen molar-refractivity contribution in [1.29, 1.82) is 0 Å². The van der Waals surface area contributed by atoms with Crippen LogP contribution >= 0.6 is 0 Å². The zero-order valence-corrected chi connectivity index (χ0v) is 22.4. The average Bonchev–Trinajstić information content (AvgIpc) is 3.60. The van der Waals surface area contributed by atoms with Gasteiger partial charge < -0.3 is 10.3 Å². The van der Waals surface area contributed by atoms with Crippen molar-refractivity contribution < 1.29 is 0 Å². The maximum absolute atomic E-state index is 4.69. The number of pyridine rings is 2. The molecule has 0 bridgehead atoms. The quantitative estimate of drug-likeness (QED) is 0.175. The number of aromatic nitrogens is 5. The van der Waals surface area contributed by atoms with E-state index in [4.69, 9.17) is 0 Å². The van der Waals surface area contributed by atoms with Gasteiger partial charge in [-0.2, -0.15) is 5.10 Å². The van der Waals surface area contributed by atoms with Crippen LogP contribution in [-0.4, -0.2) is 25.1 Å². The standard InChI is InChI=1S/C34H30N6/c1-3-7-29(26-12-14-35-15-13-26)30-18-33(38-23(30)2)34-31-17-27(10-11-32(31)39-40-34)28-16-25(21-37-22-28)20-36-19-24-8-5-4-6-9-24/h3-18,21-22,36,38H,1,19-20H2,2H3,(H,39,40)/b29-7-. The fourth-order valence-corrected chi connectivity index (χ4v) is 5.04. The number of nitrogens with one attached hydrogen (secondary N) is 3. The molecule has 0 saturated carbocycles.